The van der Waals surface area contributed by atoms with Crippen molar-refractivity contribution in [3.63, 3.8) is 0 Å². The Morgan fingerprint density at radius 3 is 1.75 bits per heavy atom. The zero-order chi connectivity index (χ0) is 6.78. The molecule has 3 heteroatoms. The van der Waals surface area contributed by atoms with Crippen LogP contribution < -0.4 is 0 Å². The first kappa shape index (κ1) is 8.65. The van der Waals surface area contributed by atoms with Crippen LogP contribution in [0.4, 0.5) is 0 Å². The van der Waals surface area contributed by atoms with Gasteiger partial charge in [0.2, 0.25) is 0 Å². The van der Waals surface area contributed by atoms with E-state index < -0.39 is 8.07 Å². The summed E-state index contributed by atoms with van der Waals surface area (Å²) in [4.78, 5) is 0. The zero-order valence-electron chi connectivity index (χ0n) is 6.21. The second kappa shape index (κ2) is 2.98. The summed E-state index contributed by atoms with van der Waals surface area (Å²) in [7, 11) is 2.84. The number of hydrogen-bond donors (Lipinski definition) is 0. The van der Waals surface area contributed by atoms with Crippen LogP contribution in [-0.2, 0) is 0 Å². The van der Waals surface area contributed by atoms with Crippen molar-refractivity contribution in [2.75, 3.05) is 0 Å². The minimum Gasteiger partial charge on any atom is -0.0740 e. The van der Waals surface area contributed by atoms with Gasteiger partial charge in [0.25, 0.3) is 0 Å². The summed E-state index contributed by atoms with van der Waals surface area (Å²) < 4.78 is 0. The molecule has 4 radical (unpaired) electrons. The Labute approximate surface area is 58.5 Å². The normalized spacial score (nSPS) is 12.8. The molecule has 0 N–H and O–H groups in total. The van der Waals surface area contributed by atoms with Crippen LogP contribution in [0.15, 0.2) is 0 Å². The Bertz CT molecular complexity index is 62.6. The van der Waals surface area contributed by atoms with E-state index in [1.807, 2.05) is 0 Å². The first-order chi connectivity index (χ1) is 3.42. The van der Waals surface area contributed by atoms with Gasteiger partial charge >= 0.3 is 0 Å². The molecule has 0 aromatic carbocycles. The lowest BCUT2D eigenvalue weighted by Gasteiger charge is -2.16. The van der Waals surface area contributed by atoms with Gasteiger partial charge < -0.3 is 0 Å². The van der Waals surface area contributed by atoms with Gasteiger partial charge in [0, 0.05) is 26.1 Å². The lowest BCUT2D eigenvalue weighted by atomic mass is 11.7. The number of rotatable bonds is 2. The summed E-state index contributed by atoms with van der Waals surface area (Å²) in [5, 5.41) is 0. The molecule has 0 spiro atoms. The van der Waals surface area contributed by atoms with E-state index in [-0.39, 0.29) is 8.31 Å². The lowest BCUT2D eigenvalue weighted by Crippen LogP contribution is -2.27. The summed E-state index contributed by atoms with van der Waals surface area (Å²) in [6.07, 6.45) is 0. The molecule has 8 heavy (non-hydrogen) atoms. The SMILES string of the molecule is C[Si]([Si])C[Si](C)(C)C. The molecule has 0 aromatic heterocycles. The highest BCUT2D eigenvalue weighted by Crippen LogP contribution is 2.08. The zero-order valence-corrected chi connectivity index (χ0v) is 9.21. The minimum absolute atomic E-state index is 0.125. The molecule has 46 valence electrons. The van der Waals surface area contributed by atoms with Gasteiger partial charge in [-0.2, -0.15) is 0 Å². The number of hydrogen-bond acceptors (Lipinski definition) is 0. The molecule has 0 aliphatic rings. The van der Waals surface area contributed by atoms with Gasteiger partial charge in [0.05, 0.1) is 0 Å². The molecule has 0 bridgehead atoms. The van der Waals surface area contributed by atoms with Crippen molar-refractivity contribution in [1.82, 2.24) is 0 Å². The van der Waals surface area contributed by atoms with Crippen LogP contribution in [0, 0.1) is 0 Å². The predicted octanol–water partition coefficient (Wildman–Crippen LogP) is 1.65. The van der Waals surface area contributed by atoms with E-state index in [1.54, 1.807) is 0 Å². The monoisotopic (exact) mass is 158 g/mol. The molecule has 0 aliphatic heterocycles. The van der Waals surface area contributed by atoms with Crippen LogP contribution in [0.1, 0.15) is 0 Å². The fraction of sp³-hybridized carbons (Fsp3) is 1.00. The summed E-state index contributed by atoms with van der Waals surface area (Å²) in [5.74, 6) is 0. The molecule has 0 atom stereocenters. The van der Waals surface area contributed by atoms with E-state index in [4.69, 9.17) is 0 Å². The van der Waals surface area contributed by atoms with E-state index in [1.165, 1.54) is 5.67 Å². The van der Waals surface area contributed by atoms with E-state index in [9.17, 15) is 0 Å². The topological polar surface area (TPSA) is 0 Å². The Balaban J connectivity index is 3.39. The van der Waals surface area contributed by atoms with Gasteiger partial charge in [-0.25, -0.2) is 0 Å². The fourth-order valence-electron chi connectivity index (χ4n) is 0.795. The van der Waals surface area contributed by atoms with Crippen molar-refractivity contribution in [3.05, 3.63) is 0 Å². The molecule has 0 saturated heterocycles. The standard InChI is InChI=1S/C5H14Si3/c1-7(6)5-8(2,3)4/h5H2,1-4H3. The van der Waals surface area contributed by atoms with Gasteiger partial charge in [-0.05, 0) is 0 Å². The van der Waals surface area contributed by atoms with Crippen molar-refractivity contribution in [1.29, 1.82) is 0 Å². The maximum atomic E-state index is 3.69. The molecular weight excluding hydrogens is 144 g/mol. The maximum absolute atomic E-state index is 3.69. The third-order valence-corrected chi connectivity index (χ3v) is 8.75. The van der Waals surface area contributed by atoms with Crippen LogP contribution >= 0.6 is 0 Å². The second-order valence-corrected chi connectivity index (χ2v) is 14.2. The highest BCUT2D eigenvalue weighted by molar-refractivity contribution is 7.09. The van der Waals surface area contributed by atoms with Crippen molar-refractivity contribution < 1.29 is 0 Å². The summed E-state index contributed by atoms with van der Waals surface area (Å²) in [5.41, 5.74) is 1.48. The average Bonchev–Trinajstić information content (AvgIpc) is 1.21. The smallest absolute Gasteiger partial charge is 0.0412 e. The van der Waals surface area contributed by atoms with Crippen LogP contribution in [0.5, 0.6) is 0 Å². The first-order valence-corrected chi connectivity index (χ1v) is 10.4. The fourth-order valence-corrected chi connectivity index (χ4v) is 11.9. The molecule has 0 nitrogen and oxygen atoms in total. The minimum atomic E-state index is -0.724. The van der Waals surface area contributed by atoms with E-state index in [0.717, 1.165) is 0 Å². The summed E-state index contributed by atoms with van der Waals surface area (Å²) in [6.45, 7) is 9.57. The molecule has 0 aliphatic carbocycles. The molecular formula is C5H14Si3. The third-order valence-electron chi connectivity index (χ3n) is 0.795. The largest absolute Gasteiger partial charge is 0.0740 e. The Kier molecular flexibility index (Phi) is 3.23. The molecule has 0 unspecified atom stereocenters. The molecule has 0 heterocycles. The molecule has 0 amide bonds. The van der Waals surface area contributed by atoms with Gasteiger partial charge in [0.1, 0.15) is 0 Å². The van der Waals surface area contributed by atoms with Crippen molar-refractivity contribution in [2.24, 2.45) is 0 Å². The predicted molar refractivity (Wildman–Crippen MR) is 45.5 cm³/mol. The van der Waals surface area contributed by atoms with Gasteiger partial charge in [-0.15, -0.1) is 0 Å². The highest BCUT2D eigenvalue weighted by atomic mass is 29.1. The molecule has 0 rings (SSSR count). The first-order valence-electron chi connectivity index (χ1n) is 2.96. The lowest BCUT2D eigenvalue weighted by molar-refractivity contribution is 1.62. The van der Waals surface area contributed by atoms with Gasteiger partial charge in [0.15, 0.2) is 0 Å². The highest BCUT2D eigenvalue weighted by Gasteiger charge is 2.14. The van der Waals surface area contributed by atoms with Gasteiger partial charge in [-0.1, -0.05) is 31.9 Å². The van der Waals surface area contributed by atoms with Gasteiger partial charge in [-0.3, -0.25) is 0 Å². The second-order valence-electron chi connectivity index (χ2n) is 3.52. The van der Waals surface area contributed by atoms with E-state index in [0.29, 0.717) is 0 Å². The van der Waals surface area contributed by atoms with Crippen molar-refractivity contribution >= 4 is 26.1 Å². The van der Waals surface area contributed by atoms with Crippen LogP contribution in [0.3, 0.4) is 0 Å². The van der Waals surface area contributed by atoms with Crippen LogP contribution in [-0.4, -0.2) is 26.1 Å². The van der Waals surface area contributed by atoms with Crippen LogP contribution in [0.2, 0.25) is 31.9 Å². The van der Waals surface area contributed by atoms with Crippen molar-refractivity contribution in [2.45, 2.75) is 31.9 Å². The van der Waals surface area contributed by atoms with E-state index in [2.05, 4.69) is 35.9 Å². The Morgan fingerprint density at radius 2 is 1.75 bits per heavy atom. The maximum Gasteiger partial charge on any atom is 0.0412 e. The average molecular weight is 158 g/mol. The third kappa shape index (κ3) is 6.65. The Morgan fingerprint density at radius 1 is 1.38 bits per heavy atom. The Hall–Kier alpha value is 0.651. The van der Waals surface area contributed by atoms with Crippen molar-refractivity contribution in [3.8, 4) is 0 Å². The van der Waals surface area contributed by atoms with Crippen LogP contribution in [0.25, 0.3) is 0 Å². The van der Waals surface area contributed by atoms with E-state index >= 15 is 0 Å². The molecule has 0 saturated carbocycles. The molecule has 0 fully saturated rings. The summed E-state index contributed by atoms with van der Waals surface area (Å²) in [6, 6.07) is 0. The summed E-state index contributed by atoms with van der Waals surface area (Å²) >= 11 is 0. The molecule has 0 aromatic rings. The quantitative estimate of drug-likeness (QED) is 0.536.